The van der Waals surface area contributed by atoms with Crippen molar-refractivity contribution in [3.63, 3.8) is 0 Å². The van der Waals surface area contributed by atoms with Gasteiger partial charge in [-0.3, -0.25) is 0 Å². The minimum Gasteiger partial charge on any atom is -0.356 e. The number of benzene rings is 2. The van der Waals surface area contributed by atoms with E-state index >= 15 is 0 Å². The van der Waals surface area contributed by atoms with Gasteiger partial charge in [-0.1, -0.05) is 67.4 Å². The quantitative estimate of drug-likeness (QED) is 0.185. The second-order valence-electron chi connectivity index (χ2n) is 7.06. The summed E-state index contributed by atoms with van der Waals surface area (Å²) in [5.41, 5.74) is 4.23. The highest BCUT2D eigenvalue weighted by Crippen LogP contribution is 2.09. The topological polar surface area (TPSA) is 82.6 Å². The lowest BCUT2D eigenvalue weighted by Crippen LogP contribution is -2.37. The second-order valence-corrected chi connectivity index (χ2v) is 8.99. The molecule has 0 aliphatic heterocycles. The summed E-state index contributed by atoms with van der Waals surface area (Å²) in [6.07, 6.45) is 2.20. The predicted octanol–water partition coefficient (Wildman–Crippen LogP) is 3.70. The fourth-order valence-corrected chi connectivity index (χ4v) is 3.43. The number of aliphatic imine (C=N–C) groups is 1. The van der Waals surface area contributed by atoms with Gasteiger partial charge in [0, 0.05) is 13.1 Å². The molecule has 8 heteroatoms. The molecule has 0 heterocycles. The first kappa shape index (κ1) is 26.4. The molecular formula is C22H33IN4O2S. The maximum Gasteiger partial charge on any atom is 0.215 e. The summed E-state index contributed by atoms with van der Waals surface area (Å²) in [4.78, 5) is 4.68. The highest BCUT2D eigenvalue weighted by molar-refractivity contribution is 14.0. The number of unbranched alkanes of at least 4 members (excludes halogenated alkanes) is 1. The van der Waals surface area contributed by atoms with Crippen molar-refractivity contribution in [1.82, 2.24) is 15.4 Å². The number of aryl methyl sites for hydroxylation is 1. The maximum atomic E-state index is 11.7. The van der Waals surface area contributed by atoms with Gasteiger partial charge < -0.3 is 10.6 Å². The van der Waals surface area contributed by atoms with Crippen LogP contribution in [-0.2, 0) is 28.9 Å². The van der Waals surface area contributed by atoms with Crippen molar-refractivity contribution >= 4 is 40.0 Å². The van der Waals surface area contributed by atoms with Gasteiger partial charge in [0.15, 0.2) is 5.96 Å². The summed E-state index contributed by atoms with van der Waals surface area (Å²) in [5, 5.41) is 6.76. The van der Waals surface area contributed by atoms with E-state index in [2.05, 4.69) is 58.5 Å². The van der Waals surface area contributed by atoms with Crippen molar-refractivity contribution in [2.45, 2.75) is 45.5 Å². The zero-order valence-corrected chi connectivity index (χ0v) is 21.1. The van der Waals surface area contributed by atoms with E-state index in [0.29, 0.717) is 13.1 Å². The van der Waals surface area contributed by atoms with Crippen molar-refractivity contribution in [2.75, 3.05) is 13.6 Å². The SMILES string of the molecule is CCCCNC(=NCc1ccc(CS(=O)(=O)NC)cc1)NCc1ccc(C)cc1.I. The molecule has 0 aromatic heterocycles. The Bertz CT molecular complexity index is 882. The van der Waals surface area contributed by atoms with Crippen LogP contribution in [0.4, 0.5) is 0 Å². The Morgan fingerprint density at radius 1 is 0.933 bits per heavy atom. The molecule has 0 amide bonds. The van der Waals surface area contributed by atoms with Crippen LogP contribution in [0.1, 0.15) is 42.0 Å². The van der Waals surface area contributed by atoms with Gasteiger partial charge in [-0.25, -0.2) is 18.1 Å². The van der Waals surface area contributed by atoms with E-state index in [1.807, 2.05) is 24.3 Å². The van der Waals surface area contributed by atoms with Gasteiger partial charge in [0.25, 0.3) is 0 Å². The van der Waals surface area contributed by atoms with Crippen molar-refractivity contribution in [3.05, 3.63) is 70.8 Å². The fourth-order valence-electron chi connectivity index (χ4n) is 2.65. The highest BCUT2D eigenvalue weighted by Gasteiger charge is 2.08. The Morgan fingerprint density at radius 3 is 2.13 bits per heavy atom. The normalized spacial score (nSPS) is 11.6. The Morgan fingerprint density at radius 2 is 1.53 bits per heavy atom. The van der Waals surface area contributed by atoms with Gasteiger partial charge in [0.2, 0.25) is 10.0 Å². The van der Waals surface area contributed by atoms with Gasteiger partial charge in [-0.05, 0) is 37.1 Å². The summed E-state index contributed by atoms with van der Waals surface area (Å²) >= 11 is 0. The average Bonchev–Trinajstić information content (AvgIpc) is 2.72. The third kappa shape index (κ3) is 9.90. The minimum atomic E-state index is -3.26. The van der Waals surface area contributed by atoms with Crippen LogP contribution in [0.2, 0.25) is 0 Å². The Kier molecular flexibility index (Phi) is 12.0. The fraction of sp³-hybridized carbons (Fsp3) is 0.409. The average molecular weight is 545 g/mol. The molecule has 2 rings (SSSR count). The molecule has 2 aromatic rings. The first-order chi connectivity index (χ1) is 13.9. The Labute approximate surface area is 198 Å². The number of sulfonamides is 1. The monoisotopic (exact) mass is 544 g/mol. The van der Waals surface area contributed by atoms with Crippen LogP contribution in [0.5, 0.6) is 0 Å². The second kappa shape index (κ2) is 13.6. The zero-order valence-electron chi connectivity index (χ0n) is 17.9. The van der Waals surface area contributed by atoms with Gasteiger partial charge in [0.1, 0.15) is 0 Å². The number of hydrogen-bond donors (Lipinski definition) is 3. The highest BCUT2D eigenvalue weighted by atomic mass is 127. The number of rotatable bonds is 10. The van der Waals surface area contributed by atoms with Crippen molar-refractivity contribution < 1.29 is 8.42 Å². The summed E-state index contributed by atoms with van der Waals surface area (Å²) in [5.74, 6) is 0.760. The van der Waals surface area contributed by atoms with Crippen LogP contribution >= 0.6 is 24.0 Å². The molecule has 30 heavy (non-hydrogen) atoms. The van der Waals surface area contributed by atoms with Crippen molar-refractivity contribution in [3.8, 4) is 0 Å². The van der Waals surface area contributed by atoms with E-state index in [1.165, 1.54) is 18.2 Å². The van der Waals surface area contributed by atoms with E-state index in [1.54, 1.807) is 0 Å². The molecule has 0 aliphatic carbocycles. The maximum absolute atomic E-state index is 11.7. The molecule has 166 valence electrons. The molecule has 0 radical (unpaired) electrons. The number of guanidine groups is 1. The Hall–Kier alpha value is -1.65. The number of hydrogen-bond acceptors (Lipinski definition) is 3. The van der Waals surface area contributed by atoms with E-state index < -0.39 is 10.0 Å². The van der Waals surface area contributed by atoms with Crippen LogP contribution < -0.4 is 15.4 Å². The third-order valence-corrected chi connectivity index (χ3v) is 5.85. The number of nitrogens with zero attached hydrogens (tertiary/aromatic N) is 1. The van der Waals surface area contributed by atoms with Gasteiger partial charge in [0.05, 0.1) is 12.3 Å². The molecule has 2 aromatic carbocycles. The number of nitrogens with one attached hydrogen (secondary N) is 3. The van der Waals surface area contributed by atoms with Crippen LogP contribution in [-0.4, -0.2) is 28.0 Å². The molecule has 3 N–H and O–H groups in total. The van der Waals surface area contributed by atoms with E-state index in [0.717, 1.165) is 36.5 Å². The lowest BCUT2D eigenvalue weighted by atomic mass is 10.1. The lowest BCUT2D eigenvalue weighted by Gasteiger charge is -2.13. The first-order valence-electron chi connectivity index (χ1n) is 9.98. The van der Waals surface area contributed by atoms with Crippen LogP contribution in [0.15, 0.2) is 53.5 Å². The summed E-state index contributed by atoms with van der Waals surface area (Å²) in [6, 6.07) is 16.0. The van der Waals surface area contributed by atoms with Gasteiger partial charge >= 0.3 is 0 Å². The van der Waals surface area contributed by atoms with Crippen molar-refractivity contribution in [1.29, 1.82) is 0 Å². The largest absolute Gasteiger partial charge is 0.356 e. The third-order valence-electron chi connectivity index (χ3n) is 4.51. The van der Waals surface area contributed by atoms with Crippen molar-refractivity contribution in [2.24, 2.45) is 4.99 Å². The molecule has 0 aliphatic rings. The molecule has 0 saturated carbocycles. The predicted molar refractivity (Wildman–Crippen MR) is 136 cm³/mol. The standard InChI is InChI=1S/C22H32N4O2S.HI/c1-4-5-14-24-22(25-15-19-8-6-18(2)7-9-19)26-16-20-10-12-21(13-11-20)17-29(27,28)23-3;/h6-13,23H,4-5,14-17H2,1-3H3,(H2,24,25,26);1H. The first-order valence-corrected chi connectivity index (χ1v) is 11.6. The van der Waals surface area contributed by atoms with Gasteiger partial charge in [-0.15, -0.1) is 24.0 Å². The van der Waals surface area contributed by atoms with Crippen LogP contribution in [0.3, 0.4) is 0 Å². The number of halogens is 1. The minimum absolute atomic E-state index is 0. The van der Waals surface area contributed by atoms with Gasteiger partial charge in [-0.2, -0.15) is 0 Å². The molecular weight excluding hydrogens is 511 g/mol. The zero-order chi connectivity index (χ0) is 21.1. The molecule has 0 unspecified atom stereocenters. The molecule has 0 atom stereocenters. The smallest absolute Gasteiger partial charge is 0.215 e. The summed E-state index contributed by atoms with van der Waals surface area (Å²) in [6.45, 7) is 6.34. The summed E-state index contributed by atoms with van der Waals surface area (Å²) in [7, 11) is -1.83. The molecule has 6 nitrogen and oxygen atoms in total. The Balaban J connectivity index is 0.00000450. The molecule has 0 spiro atoms. The van der Waals surface area contributed by atoms with E-state index in [9.17, 15) is 8.42 Å². The van der Waals surface area contributed by atoms with Crippen LogP contribution in [0.25, 0.3) is 0 Å². The lowest BCUT2D eigenvalue weighted by molar-refractivity contribution is 0.587. The molecule has 0 fully saturated rings. The van der Waals surface area contributed by atoms with E-state index in [4.69, 9.17) is 0 Å². The summed E-state index contributed by atoms with van der Waals surface area (Å²) < 4.78 is 25.6. The molecule has 0 bridgehead atoms. The van der Waals surface area contributed by atoms with Crippen LogP contribution in [0, 0.1) is 6.92 Å². The van der Waals surface area contributed by atoms with E-state index in [-0.39, 0.29) is 29.7 Å². The molecule has 0 saturated heterocycles.